The third-order valence-electron chi connectivity index (χ3n) is 3.29. The van der Waals surface area contributed by atoms with E-state index in [1.807, 2.05) is 18.2 Å². The Kier molecular flexibility index (Phi) is 5.09. The topological polar surface area (TPSA) is 76.1 Å². The molecule has 1 fully saturated rings. The molecule has 1 aromatic rings. The molecule has 126 valence electrons. The molecule has 0 bridgehead atoms. The lowest BCUT2D eigenvalue weighted by atomic mass is 10.1. The van der Waals surface area contributed by atoms with Crippen molar-refractivity contribution in [2.45, 2.75) is 37.8 Å². The molecule has 7 heteroatoms. The number of hydrogen-bond acceptors (Lipinski definition) is 5. The zero-order valence-corrected chi connectivity index (χ0v) is 14.4. The van der Waals surface area contributed by atoms with E-state index in [9.17, 15) is 14.7 Å². The summed E-state index contributed by atoms with van der Waals surface area (Å²) < 4.78 is 10.7. The van der Waals surface area contributed by atoms with Gasteiger partial charge in [0.15, 0.2) is 0 Å². The van der Waals surface area contributed by atoms with Crippen LogP contribution in [-0.2, 0) is 9.53 Å². The summed E-state index contributed by atoms with van der Waals surface area (Å²) >= 11 is 1.39. The number of benzene rings is 1. The van der Waals surface area contributed by atoms with Crippen LogP contribution >= 0.6 is 11.8 Å². The number of carbonyl (C=O) groups is 2. The molecule has 1 heterocycles. The Morgan fingerprint density at radius 2 is 1.96 bits per heavy atom. The minimum atomic E-state index is -1.04. The maximum Gasteiger partial charge on any atom is 0.412 e. The van der Waals surface area contributed by atoms with Crippen LogP contribution in [0, 0.1) is 0 Å². The molecule has 0 spiro atoms. The van der Waals surface area contributed by atoms with Crippen LogP contribution < -0.4 is 4.74 Å². The molecule has 0 unspecified atom stereocenters. The highest BCUT2D eigenvalue weighted by molar-refractivity contribution is 7.99. The second kappa shape index (κ2) is 6.70. The number of carboxylic acids is 1. The summed E-state index contributed by atoms with van der Waals surface area (Å²) in [6.07, 6.45) is -0.634. The van der Waals surface area contributed by atoms with E-state index in [0.717, 1.165) is 5.56 Å². The third kappa shape index (κ3) is 3.90. The first kappa shape index (κ1) is 17.5. The van der Waals surface area contributed by atoms with Gasteiger partial charge in [0.05, 0.1) is 7.11 Å². The Morgan fingerprint density at radius 1 is 1.30 bits per heavy atom. The zero-order valence-electron chi connectivity index (χ0n) is 13.6. The number of aliphatic carboxylic acids is 1. The summed E-state index contributed by atoms with van der Waals surface area (Å²) in [5, 5.41) is 8.97. The molecule has 0 aliphatic carbocycles. The van der Waals surface area contributed by atoms with Crippen molar-refractivity contribution in [3.63, 3.8) is 0 Å². The van der Waals surface area contributed by atoms with E-state index in [1.165, 1.54) is 16.7 Å². The average Bonchev–Trinajstić information content (AvgIpc) is 2.90. The van der Waals surface area contributed by atoms with Crippen molar-refractivity contribution in [1.82, 2.24) is 4.90 Å². The zero-order chi connectivity index (χ0) is 17.2. The number of nitrogens with zero attached hydrogens (tertiary/aromatic N) is 1. The van der Waals surface area contributed by atoms with E-state index in [2.05, 4.69) is 0 Å². The summed E-state index contributed by atoms with van der Waals surface area (Å²) in [5.41, 5.74) is 0.0632. The number of rotatable bonds is 3. The van der Waals surface area contributed by atoms with Crippen molar-refractivity contribution in [3.05, 3.63) is 29.8 Å². The lowest BCUT2D eigenvalue weighted by Crippen LogP contribution is -2.45. The van der Waals surface area contributed by atoms with Gasteiger partial charge in [-0.3, -0.25) is 4.90 Å². The van der Waals surface area contributed by atoms with Crippen molar-refractivity contribution in [2.75, 3.05) is 12.9 Å². The lowest BCUT2D eigenvalue weighted by molar-refractivity contribution is -0.142. The number of carbonyl (C=O) groups excluding carboxylic acids is 1. The second-order valence-corrected chi connectivity index (χ2v) is 7.28. The van der Waals surface area contributed by atoms with Gasteiger partial charge < -0.3 is 14.6 Å². The minimum Gasteiger partial charge on any atom is -0.496 e. The summed E-state index contributed by atoms with van der Waals surface area (Å²) in [4.78, 5) is 25.4. The SMILES string of the molecule is COc1ccccc1[C@@H]1SC[C@@H](C(=O)O)N1C(=O)OC(C)(C)C. The molecule has 0 aromatic heterocycles. The molecule has 1 amide bonds. The number of methoxy groups -OCH3 is 1. The van der Waals surface area contributed by atoms with E-state index in [-0.39, 0.29) is 0 Å². The number of hydrogen-bond donors (Lipinski definition) is 1. The Balaban J connectivity index is 2.38. The molecule has 2 atom stereocenters. The Morgan fingerprint density at radius 3 is 2.52 bits per heavy atom. The van der Waals surface area contributed by atoms with Crippen molar-refractivity contribution in [2.24, 2.45) is 0 Å². The first-order chi connectivity index (χ1) is 10.7. The first-order valence-electron chi connectivity index (χ1n) is 7.23. The van der Waals surface area contributed by atoms with Crippen LogP contribution in [0.15, 0.2) is 24.3 Å². The molecule has 0 saturated carbocycles. The van der Waals surface area contributed by atoms with Gasteiger partial charge in [-0.2, -0.15) is 0 Å². The van der Waals surface area contributed by atoms with Crippen LogP contribution in [0.2, 0.25) is 0 Å². The molecule has 1 aromatic carbocycles. The van der Waals surface area contributed by atoms with Gasteiger partial charge in [-0.25, -0.2) is 9.59 Å². The second-order valence-electron chi connectivity index (χ2n) is 6.17. The third-order valence-corrected chi connectivity index (χ3v) is 4.60. The van der Waals surface area contributed by atoms with Crippen LogP contribution in [0.5, 0.6) is 5.75 Å². The maximum absolute atomic E-state index is 12.5. The summed E-state index contributed by atoms with van der Waals surface area (Å²) in [6, 6.07) is 6.36. The van der Waals surface area contributed by atoms with Gasteiger partial charge in [0.2, 0.25) is 0 Å². The van der Waals surface area contributed by atoms with Gasteiger partial charge in [-0.1, -0.05) is 18.2 Å². The molecule has 23 heavy (non-hydrogen) atoms. The van der Waals surface area contributed by atoms with Crippen LogP contribution in [0.3, 0.4) is 0 Å². The Hall–Kier alpha value is -1.89. The number of amides is 1. The lowest BCUT2D eigenvalue weighted by Gasteiger charge is -2.31. The molecule has 1 aliphatic rings. The minimum absolute atomic E-state index is 0.303. The molecule has 2 rings (SSSR count). The molecule has 1 aliphatic heterocycles. The molecule has 6 nitrogen and oxygen atoms in total. The van der Waals surface area contributed by atoms with Crippen molar-refractivity contribution in [1.29, 1.82) is 0 Å². The normalized spacial score (nSPS) is 21.1. The average molecular weight is 339 g/mol. The van der Waals surface area contributed by atoms with E-state index in [0.29, 0.717) is 11.5 Å². The van der Waals surface area contributed by atoms with Crippen LogP contribution in [0.25, 0.3) is 0 Å². The smallest absolute Gasteiger partial charge is 0.412 e. The number of carboxylic acid groups (broad SMARTS) is 1. The van der Waals surface area contributed by atoms with E-state index in [4.69, 9.17) is 9.47 Å². The highest BCUT2D eigenvalue weighted by Gasteiger charge is 2.45. The largest absolute Gasteiger partial charge is 0.496 e. The Bertz CT molecular complexity index is 598. The fourth-order valence-electron chi connectivity index (χ4n) is 2.34. The maximum atomic E-state index is 12.5. The molecule has 0 radical (unpaired) electrons. The van der Waals surface area contributed by atoms with Gasteiger partial charge in [-0.05, 0) is 26.8 Å². The van der Waals surface area contributed by atoms with Crippen molar-refractivity contribution < 1.29 is 24.2 Å². The van der Waals surface area contributed by atoms with Crippen molar-refractivity contribution in [3.8, 4) is 5.75 Å². The van der Waals surface area contributed by atoms with Gasteiger partial charge in [0.25, 0.3) is 0 Å². The summed E-state index contributed by atoms with van der Waals surface area (Å²) in [5.74, 6) is -0.123. The van der Waals surface area contributed by atoms with Crippen LogP contribution in [0.1, 0.15) is 31.7 Å². The van der Waals surface area contributed by atoms with Crippen molar-refractivity contribution >= 4 is 23.8 Å². The standard InChI is InChI=1S/C16H21NO5S/c1-16(2,3)22-15(20)17-11(14(18)19)9-23-13(17)10-7-5-6-8-12(10)21-4/h5-8,11,13H,9H2,1-4H3,(H,18,19)/t11-,13-/m0/s1. The predicted octanol–water partition coefficient (Wildman–Crippen LogP) is 3.13. The highest BCUT2D eigenvalue weighted by atomic mass is 32.2. The number of ether oxygens (including phenoxy) is 2. The molecular weight excluding hydrogens is 318 g/mol. The van der Waals surface area contributed by atoms with Gasteiger partial charge >= 0.3 is 12.1 Å². The first-order valence-corrected chi connectivity index (χ1v) is 8.28. The molecular formula is C16H21NO5S. The summed E-state index contributed by atoms with van der Waals surface area (Å²) in [6.45, 7) is 5.26. The predicted molar refractivity (Wildman–Crippen MR) is 87.7 cm³/mol. The van der Waals surface area contributed by atoms with Gasteiger partial charge in [-0.15, -0.1) is 11.8 Å². The fourth-order valence-corrected chi connectivity index (χ4v) is 3.78. The van der Waals surface area contributed by atoms with E-state index >= 15 is 0 Å². The Labute approximate surface area is 139 Å². The summed E-state index contributed by atoms with van der Waals surface area (Å²) in [7, 11) is 1.55. The van der Waals surface area contributed by atoms with E-state index < -0.39 is 29.1 Å². The van der Waals surface area contributed by atoms with Crippen LogP contribution in [-0.4, -0.2) is 46.6 Å². The molecule has 1 N–H and O–H groups in total. The highest BCUT2D eigenvalue weighted by Crippen LogP contribution is 2.45. The monoisotopic (exact) mass is 339 g/mol. The fraction of sp³-hybridized carbons (Fsp3) is 0.500. The molecule has 1 saturated heterocycles. The van der Waals surface area contributed by atoms with E-state index in [1.54, 1.807) is 33.9 Å². The number of thioether (sulfide) groups is 1. The van der Waals surface area contributed by atoms with Gasteiger partial charge in [0, 0.05) is 11.3 Å². The van der Waals surface area contributed by atoms with Gasteiger partial charge in [0.1, 0.15) is 22.8 Å². The van der Waals surface area contributed by atoms with Crippen LogP contribution in [0.4, 0.5) is 4.79 Å². The quantitative estimate of drug-likeness (QED) is 0.912. The number of para-hydroxylation sites is 1.